The number of nitrogens with two attached hydrogens (primary N) is 1. The molecule has 2 nitrogen and oxygen atoms in total. The Labute approximate surface area is 126 Å². The van der Waals surface area contributed by atoms with Crippen molar-refractivity contribution in [3.8, 4) is 0 Å². The summed E-state index contributed by atoms with van der Waals surface area (Å²) in [5.41, 5.74) is 11.2. The fraction of sp³-hybridized carbons (Fsp3) is 0.412. The lowest BCUT2D eigenvalue weighted by molar-refractivity contribution is 0.679. The molecule has 0 saturated heterocycles. The summed E-state index contributed by atoms with van der Waals surface area (Å²) in [7, 11) is 2.14. The van der Waals surface area contributed by atoms with Crippen molar-refractivity contribution < 1.29 is 0 Å². The van der Waals surface area contributed by atoms with Gasteiger partial charge in [0.2, 0.25) is 0 Å². The van der Waals surface area contributed by atoms with E-state index in [4.69, 9.17) is 5.73 Å². The van der Waals surface area contributed by atoms with Crippen molar-refractivity contribution in [3.63, 3.8) is 0 Å². The van der Waals surface area contributed by atoms with Gasteiger partial charge in [-0.25, -0.2) is 0 Å². The molecule has 1 heterocycles. The second-order valence-electron chi connectivity index (χ2n) is 5.58. The van der Waals surface area contributed by atoms with Crippen molar-refractivity contribution in [3.05, 3.63) is 50.7 Å². The van der Waals surface area contributed by atoms with Crippen molar-refractivity contribution in [2.24, 2.45) is 5.73 Å². The Bertz CT molecular complexity index is 581. The SMILES string of the molecule is Cc1cc(C)cc(N(C)C(CN)c2cc(C)sc2C)c1. The molecule has 1 aromatic heterocycles. The third kappa shape index (κ3) is 3.05. The zero-order valence-corrected chi connectivity index (χ0v) is 13.8. The summed E-state index contributed by atoms with van der Waals surface area (Å²) in [6, 6.07) is 9.17. The lowest BCUT2D eigenvalue weighted by atomic mass is 10.0. The first-order valence-electron chi connectivity index (χ1n) is 7.00. The normalized spacial score (nSPS) is 12.5. The van der Waals surface area contributed by atoms with Crippen molar-refractivity contribution in [2.45, 2.75) is 33.7 Å². The predicted octanol–water partition coefficient (Wildman–Crippen LogP) is 4.12. The second kappa shape index (κ2) is 5.98. The Morgan fingerprint density at radius 2 is 1.65 bits per heavy atom. The molecule has 0 saturated carbocycles. The highest BCUT2D eigenvalue weighted by Gasteiger charge is 2.19. The van der Waals surface area contributed by atoms with Gasteiger partial charge in [0, 0.05) is 29.0 Å². The molecule has 2 rings (SSSR count). The fourth-order valence-corrected chi connectivity index (χ4v) is 3.79. The van der Waals surface area contributed by atoms with E-state index in [1.165, 1.54) is 32.1 Å². The van der Waals surface area contributed by atoms with Crippen molar-refractivity contribution in [1.29, 1.82) is 0 Å². The fourth-order valence-electron chi connectivity index (χ4n) is 2.81. The largest absolute Gasteiger partial charge is 0.366 e. The van der Waals surface area contributed by atoms with Gasteiger partial charge < -0.3 is 10.6 Å². The van der Waals surface area contributed by atoms with E-state index >= 15 is 0 Å². The molecule has 1 aromatic carbocycles. The van der Waals surface area contributed by atoms with Gasteiger partial charge in [0.1, 0.15) is 0 Å². The van der Waals surface area contributed by atoms with Crippen LogP contribution in [-0.2, 0) is 0 Å². The maximum atomic E-state index is 6.06. The minimum absolute atomic E-state index is 0.237. The van der Waals surface area contributed by atoms with Crippen molar-refractivity contribution in [2.75, 3.05) is 18.5 Å². The first kappa shape index (κ1) is 15.1. The van der Waals surface area contributed by atoms with E-state index in [0.717, 1.165) is 0 Å². The van der Waals surface area contributed by atoms with Gasteiger partial charge in [0.25, 0.3) is 0 Å². The molecule has 20 heavy (non-hydrogen) atoms. The van der Waals surface area contributed by atoms with E-state index in [0.29, 0.717) is 6.54 Å². The molecule has 1 unspecified atom stereocenters. The number of benzene rings is 1. The molecule has 0 spiro atoms. The van der Waals surface area contributed by atoms with Gasteiger partial charge in [-0.2, -0.15) is 0 Å². The smallest absolute Gasteiger partial charge is 0.0672 e. The monoisotopic (exact) mass is 288 g/mol. The average Bonchev–Trinajstić information content (AvgIpc) is 2.68. The first-order chi connectivity index (χ1) is 9.42. The van der Waals surface area contributed by atoms with E-state index in [1.54, 1.807) is 0 Å². The quantitative estimate of drug-likeness (QED) is 0.917. The maximum Gasteiger partial charge on any atom is 0.0672 e. The summed E-state index contributed by atoms with van der Waals surface area (Å²) >= 11 is 1.85. The van der Waals surface area contributed by atoms with Crippen LogP contribution in [-0.4, -0.2) is 13.6 Å². The number of nitrogens with zero attached hydrogens (tertiary/aromatic N) is 1. The molecule has 2 N–H and O–H groups in total. The van der Waals surface area contributed by atoms with Crippen LogP contribution in [0.5, 0.6) is 0 Å². The minimum atomic E-state index is 0.237. The van der Waals surface area contributed by atoms with Crippen LogP contribution >= 0.6 is 11.3 Å². The predicted molar refractivity (Wildman–Crippen MR) is 89.9 cm³/mol. The first-order valence-corrected chi connectivity index (χ1v) is 7.82. The molecule has 0 aliphatic heterocycles. The molecule has 0 bridgehead atoms. The zero-order valence-electron chi connectivity index (χ0n) is 13.0. The highest BCUT2D eigenvalue weighted by molar-refractivity contribution is 7.12. The van der Waals surface area contributed by atoms with E-state index in [2.05, 4.69) is 63.9 Å². The highest BCUT2D eigenvalue weighted by atomic mass is 32.1. The van der Waals surface area contributed by atoms with Crippen LogP contribution in [0.4, 0.5) is 5.69 Å². The van der Waals surface area contributed by atoms with Crippen LogP contribution in [0, 0.1) is 27.7 Å². The summed E-state index contributed by atoms with van der Waals surface area (Å²) in [6.45, 7) is 9.25. The number of likely N-dealkylation sites (N-methyl/N-ethyl adjacent to an activating group) is 1. The number of aryl methyl sites for hydroxylation is 4. The van der Waals surface area contributed by atoms with Crippen LogP contribution in [0.25, 0.3) is 0 Å². The van der Waals surface area contributed by atoms with Crippen LogP contribution in [0.3, 0.4) is 0 Å². The third-order valence-corrected chi connectivity index (χ3v) is 4.72. The highest BCUT2D eigenvalue weighted by Crippen LogP contribution is 2.32. The van der Waals surface area contributed by atoms with Crippen LogP contribution in [0.2, 0.25) is 0 Å². The molecule has 0 aliphatic carbocycles. The number of hydrogen-bond acceptors (Lipinski definition) is 3. The summed E-state index contributed by atoms with van der Waals surface area (Å²) in [6.07, 6.45) is 0. The average molecular weight is 288 g/mol. The summed E-state index contributed by atoms with van der Waals surface area (Å²) in [5.74, 6) is 0. The van der Waals surface area contributed by atoms with Gasteiger partial charge in [0.05, 0.1) is 6.04 Å². The summed E-state index contributed by atoms with van der Waals surface area (Å²) < 4.78 is 0. The van der Waals surface area contributed by atoms with Gasteiger partial charge in [-0.05, 0) is 62.6 Å². The van der Waals surface area contributed by atoms with E-state index in [9.17, 15) is 0 Å². The topological polar surface area (TPSA) is 29.3 Å². The van der Waals surface area contributed by atoms with E-state index in [-0.39, 0.29) is 6.04 Å². The van der Waals surface area contributed by atoms with Gasteiger partial charge in [-0.1, -0.05) is 6.07 Å². The Morgan fingerprint density at radius 1 is 1.05 bits per heavy atom. The maximum absolute atomic E-state index is 6.06. The Kier molecular flexibility index (Phi) is 4.51. The minimum Gasteiger partial charge on any atom is -0.366 e. The lowest BCUT2D eigenvalue weighted by Crippen LogP contribution is -2.30. The molecule has 3 heteroatoms. The van der Waals surface area contributed by atoms with Crippen LogP contribution in [0.15, 0.2) is 24.3 Å². The van der Waals surface area contributed by atoms with Gasteiger partial charge >= 0.3 is 0 Å². The Hall–Kier alpha value is -1.32. The third-order valence-electron chi connectivity index (χ3n) is 3.74. The molecule has 108 valence electrons. The Balaban J connectivity index is 2.38. The molecule has 0 radical (unpaired) electrons. The van der Waals surface area contributed by atoms with E-state index in [1.807, 2.05) is 11.3 Å². The zero-order chi connectivity index (χ0) is 14.9. The molecule has 0 fully saturated rings. The van der Waals surface area contributed by atoms with Gasteiger partial charge in [-0.3, -0.25) is 0 Å². The van der Waals surface area contributed by atoms with Crippen molar-refractivity contribution >= 4 is 17.0 Å². The number of rotatable bonds is 4. The summed E-state index contributed by atoms with van der Waals surface area (Å²) in [4.78, 5) is 5.02. The van der Waals surface area contributed by atoms with Crippen LogP contribution in [0.1, 0.15) is 32.5 Å². The number of anilines is 1. The standard InChI is InChI=1S/C17H24N2S/c1-11-6-12(2)8-15(7-11)19(5)17(10-18)16-9-13(3)20-14(16)4/h6-9,17H,10,18H2,1-5H3. The molecule has 0 amide bonds. The number of thiophene rings is 1. The van der Waals surface area contributed by atoms with Crippen molar-refractivity contribution in [1.82, 2.24) is 0 Å². The molecular formula is C17H24N2S. The van der Waals surface area contributed by atoms with Crippen LogP contribution < -0.4 is 10.6 Å². The Morgan fingerprint density at radius 3 is 2.10 bits per heavy atom. The summed E-state index contributed by atoms with van der Waals surface area (Å²) in [5, 5.41) is 0. The number of hydrogen-bond donors (Lipinski definition) is 1. The van der Waals surface area contributed by atoms with Gasteiger partial charge in [-0.15, -0.1) is 11.3 Å². The second-order valence-corrected chi connectivity index (χ2v) is 7.04. The van der Waals surface area contributed by atoms with E-state index < -0.39 is 0 Å². The molecule has 1 atom stereocenters. The van der Waals surface area contributed by atoms with Gasteiger partial charge in [0.15, 0.2) is 0 Å². The molecular weight excluding hydrogens is 264 g/mol. The molecule has 2 aromatic rings. The lowest BCUT2D eigenvalue weighted by Gasteiger charge is -2.30. The molecule has 0 aliphatic rings.